The van der Waals surface area contributed by atoms with Crippen molar-refractivity contribution in [2.45, 2.75) is 89.3 Å². The van der Waals surface area contributed by atoms with Crippen molar-refractivity contribution in [3.8, 4) is 0 Å². The Morgan fingerprint density at radius 2 is 1.76 bits per heavy atom. The third-order valence-corrected chi connectivity index (χ3v) is 6.42. The third-order valence-electron chi connectivity index (χ3n) is 6.42. The number of amides is 2. The van der Waals surface area contributed by atoms with Gasteiger partial charge in [-0.05, 0) is 46.6 Å². The Bertz CT molecular complexity index is 1220. The predicted molar refractivity (Wildman–Crippen MR) is 136 cm³/mol. The van der Waals surface area contributed by atoms with E-state index in [1.807, 2.05) is 0 Å². The summed E-state index contributed by atoms with van der Waals surface area (Å²) in [6.07, 6.45) is -3.39. The number of carbonyl (C=O) groups is 2. The summed E-state index contributed by atoms with van der Waals surface area (Å²) < 4.78 is 83.4. The second-order valence-corrected chi connectivity index (χ2v) is 11.7. The van der Waals surface area contributed by atoms with Crippen LogP contribution in [0.1, 0.15) is 77.2 Å². The molecular weight excluding hydrogens is 557 g/mol. The minimum absolute atomic E-state index is 0.0503. The number of hydrogen-bond acceptors (Lipinski definition) is 7. The minimum Gasteiger partial charge on any atom is -0.444 e. The van der Waals surface area contributed by atoms with Crippen LogP contribution in [0.3, 0.4) is 0 Å². The first kappa shape index (κ1) is 32.4. The molecule has 2 aromatic rings. The van der Waals surface area contributed by atoms with E-state index in [1.54, 1.807) is 26.8 Å². The molecule has 0 aliphatic heterocycles. The van der Waals surface area contributed by atoms with E-state index < -0.39 is 59.9 Å². The average Bonchev–Trinajstić information content (AvgIpc) is 3.21. The van der Waals surface area contributed by atoms with Crippen LogP contribution in [0.25, 0.3) is 5.65 Å². The van der Waals surface area contributed by atoms with Crippen LogP contribution in [-0.2, 0) is 19.0 Å². The second kappa shape index (κ2) is 12.0. The van der Waals surface area contributed by atoms with Crippen LogP contribution in [0.15, 0.2) is 18.5 Å². The van der Waals surface area contributed by atoms with Gasteiger partial charge in [0.25, 0.3) is 0 Å². The van der Waals surface area contributed by atoms with Gasteiger partial charge in [0.05, 0.1) is 43.4 Å². The lowest BCUT2D eigenvalue weighted by atomic mass is 9.79. The fraction of sp³-hybridized carbons (Fsp3) is 0.692. The van der Waals surface area contributed by atoms with Crippen molar-refractivity contribution in [1.82, 2.24) is 25.2 Å². The number of alkyl carbamates (subject to hydrolysis) is 1. The quantitative estimate of drug-likeness (QED) is 0.357. The largest absolute Gasteiger partial charge is 0.444 e. The molecule has 3 rings (SSSR count). The molecule has 2 N–H and O–H groups in total. The monoisotopic (exact) mass is 593 g/mol. The smallest absolute Gasteiger partial charge is 0.416 e. The molecule has 2 heterocycles. The van der Waals surface area contributed by atoms with E-state index in [9.17, 15) is 31.5 Å². The van der Waals surface area contributed by atoms with Gasteiger partial charge in [0.2, 0.25) is 11.8 Å². The summed E-state index contributed by atoms with van der Waals surface area (Å²) in [6.45, 7) is 6.13. The van der Waals surface area contributed by atoms with Gasteiger partial charge in [-0.1, -0.05) is 0 Å². The number of methoxy groups -OCH3 is 1. The molecule has 2 amide bonds. The highest BCUT2D eigenvalue weighted by Gasteiger charge is 2.49. The summed E-state index contributed by atoms with van der Waals surface area (Å²) in [5.74, 6) is -3.54. The van der Waals surface area contributed by atoms with E-state index in [1.165, 1.54) is 24.0 Å². The van der Waals surface area contributed by atoms with E-state index >= 15 is 0 Å². The van der Waals surface area contributed by atoms with E-state index in [4.69, 9.17) is 14.2 Å². The van der Waals surface area contributed by atoms with E-state index in [0.717, 1.165) is 13.8 Å². The van der Waals surface area contributed by atoms with Crippen LogP contribution < -0.4 is 10.6 Å². The number of ether oxygens (including phenoxy) is 3. The highest BCUT2D eigenvalue weighted by atomic mass is 19.4. The molecule has 0 saturated heterocycles. The molecule has 1 saturated carbocycles. The standard InChI is InChI=1S/C26H36F5N5O5/c1-23(2,3)41-22(38)35-19(14-40-24(4,5)26(29,30)31)17-12-36-20(33-17)8-16(11-32-36)18(13-39-6)34-21(37)7-15-9-25(27,28)10-15/h8,11-12,15,18-19H,7,9-10,13-14H2,1-6H3,(H,34,37)(H,35,38)/t18-,19+/m1/s1. The second-order valence-electron chi connectivity index (χ2n) is 11.7. The Balaban J connectivity index is 1.81. The van der Waals surface area contributed by atoms with Gasteiger partial charge in [-0.15, -0.1) is 0 Å². The van der Waals surface area contributed by atoms with Gasteiger partial charge >= 0.3 is 12.3 Å². The molecule has 1 fully saturated rings. The fourth-order valence-electron chi connectivity index (χ4n) is 4.13. The predicted octanol–water partition coefficient (Wildman–Crippen LogP) is 4.89. The molecule has 0 aromatic carbocycles. The molecule has 230 valence electrons. The molecule has 10 nitrogen and oxygen atoms in total. The van der Waals surface area contributed by atoms with Gasteiger partial charge in [0.1, 0.15) is 5.60 Å². The lowest BCUT2D eigenvalue weighted by Gasteiger charge is -2.34. The van der Waals surface area contributed by atoms with Crippen LogP contribution in [-0.4, -0.2) is 70.2 Å². The topological polar surface area (TPSA) is 116 Å². The maximum atomic E-state index is 13.4. The third kappa shape index (κ3) is 8.96. The Kier molecular flexibility index (Phi) is 9.53. The van der Waals surface area contributed by atoms with E-state index in [-0.39, 0.29) is 37.2 Å². The van der Waals surface area contributed by atoms with Gasteiger partial charge in [0, 0.05) is 31.9 Å². The first-order valence-corrected chi connectivity index (χ1v) is 13.0. The zero-order valence-corrected chi connectivity index (χ0v) is 23.8. The number of halogens is 5. The van der Waals surface area contributed by atoms with Crippen molar-refractivity contribution in [3.05, 3.63) is 29.7 Å². The van der Waals surface area contributed by atoms with Gasteiger partial charge in [-0.3, -0.25) is 4.79 Å². The Morgan fingerprint density at radius 1 is 1.10 bits per heavy atom. The molecule has 0 spiro atoms. The van der Waals surface area contributed by atoms with Gasteiger partial charge in [0.15, 0.2) is 11.2 Å². The number of hydrogen-bond donors (Lipinski definition) is 2. The molecular formula is C26H36F5N5O5. The molecule has 2 aromatic heterocycles. The molecule has 0 unspecified atom stereocenters. The van der Waals surface area contributed by atoms with Crippen molar-refractivity contribution in [1.29, 1.82) is 0 Å². The molecule has 0 radical (unpaired) electrons. The molecule has 15 heteroatoms. The zero-order chi connectivity index (χ0) is 30.8. The maximum absolute atomic E-state index is 13.4. The van der Waals surface area contributed by atoms with Crippen LogP contribution >= 0.6 is 0 Å². The van der Waals surface area contributed by atoms with E-state index in [2.05, 4.69) is 20.7 Å². The van der Waals surface area contributed by atoms with Crippen LogP contribution in [0, 0.1) is 5.92 Å². The maximum Gasteiger partial charge on any atom is 0.416 e. The summed E-state index contributed by atoms with van der Waals surface area (Å²) >= 11 is 0. The van der Waals surface area contributed by atoms with E-state index in [0.29, 0.717) is 5.56 Å². The number of rotatable bonds is 11. The Labute approximate surface area is 234 Å². The summed E-state index contributed by atoms with van der Waals surface area (Å²) in [5, 5.41) is 9.55. The Morgan fingerprint density at radius 3 is 2.32 bits per heavy atom. The fourth-order valence-corrected chi connectivity index (χ4v) is 4.13. The lowest BCUT2D eigenvalue weighted by molar-refractivity contribution is -0.265. The molecule has 41 heavy (non-hydrogen) atoms. The van der Waals surface area contributed by atoms with Crippen molar-refractivity contribution in [3.63, 3.8) is 0 Å². The van der Waals surface area contributed by atoms with Crippen LogP contribution in [0.5, 0.6) is 0 Å². The summed E-state index contributed by atoms with van der Waals surface area (Å²) in [7, 11) is 1.43. The Hall–Kier alpha value is -3.07. The van der Waals surface area contributed by atoms with Gasteiger partial charge in [-0.2, -0.15) is 18.3 Å². The molecule has 1 aliphatic carbocycles. The van der Waals surface area contributed by atoms with Gasteiger partial charge in [-0.25, -0.2) is 23.1 Å². The number of fused-ring (bicyclic) bond motifs is 1. The zero-order valence-electron chi connectivity index (χ0n) is 23.8. The molecule has 0 bridgehead atoms. The highest BCUT2D eigenvalue weighted by Crippen LogP contribution is 2.44. The van der Waals surface area contributed by atoms with Crippen LogP contribution in [0.2, 0.25) is 0 Å². The molecule has 2 atom stereocenters. The summed E-state index contributed by atoms with van der Waals surface area (Å²) in [4.78, 5) is 29.4. The lowest BCUT2D eigenvalue weighted by Crippen LogP contribution is -2.44. The number of nitrogens with one attached hydrogen (secondary N) is 2. The highest BCUT2D eigenvalue weighted by molar-refractivity contribution is 5.77. The van der Waals surface area contributed by atoms with Crippen LogP contribution in [0.4, 0.5) is 26.7 Å². The molecule has 1 aliphatic rings. The van der Waals surface area contributed by atoms with Crippen molar-refractivity contribution in [2.24, 2.45) is 5.92 Å². The first-order chi connectivity index (χ1) is 18.8. The van der Waals surface area contributed by atoms with Crippen molar-refractivity contribution in [2.75, 3.05) is 20.3 Å². The van der Waals surface area contributed by atoms with Gasteiger partial charge < -0.3 is 24.8 Å². The number of carbonyl (C=O) groups excluding carboxylic acids is 2. The number of alkyl halides is 5. The number of imidazole rings is 1. The van der Waals surface area contributed by atoms with Crippen molar-refractivity contribution >= 4 is 17.6 Å². The normalized spacial score (nSPS) is 17.5. The number of aromatic nitrogens is 3. The van der Waals surface area contributed by atoms with Crippen molar-refractivity contribution < 1.29 is 45.8 Å². The SMILES string of the molecule is COC[C@@H](NC(=O)CC1CC(F)(F)C1)c1cnn2cc([C@H](COC(C)(C)C(F)(F)F)NC(=O)OC(C)(C)C)nc2c1. The summed E-state index contributed by atoms with van der Waals surface area (Å²) in [5.41, 5.74) is -2.47. The summed E-state index contributed by atoms with van der Waals surface area (Å²) in [6, 6.07) is -0.215. The first-order valence-electron chi connectivity index (χ1n) is 13.0. The minimum atomic E-state index is -4.67. The number of nitrogens with zero attached hydrogens (tertiary/aromatic N) is 3. The average molecular weight is 594 g/mol.